The molecule has 1 saturated carbocycles. The summed E-state index contributed by atoms with van der Waals surface area (Å²) in [6.45, 7) is 12.6. The molecule has 212 valence electrons. The molecule has 0 spiro atoms. The second kappa shape index (κ2) is 13.1. The highest BCUT2D eigenvalue weighted by atomic mass is 28.4. The van der Waals surface area contributed by atoms with Crippen LogP contribution in [-0.2, 0) is 13.3 Å². The fraction of sp³-hybridized carbons (Fsp3) is 1.00. The molecule has 10 heteroatoms. The van der Waals surface area contributed by atoms with E-state index in [1.165, 1.54) is 76.8 Å². The molecule has 4 atom stereocenters. The van der Waals surface area contributed by atoms with Crippen molar-refractivity contribution in [3.8, 4) is 0 Å². The minimum absolute atomic E-state index is 0.273. The van der Waals surface area contributed by atoms with Crippen molar-refractivity contribution in [2.45, 2.75) is 101 Å². The molecule has 0 aromatic heterocycles. The second-order valence-corrected chi connectivity index (χ2v) is 25.6. The van der Waals surface area contributed by atoms with Gasteiger partial charge >= 0.3 is 8.72 Å². The lowest BCUT2D eigenvalue weighted by atomic mass is 9.67. The number of nitrogens with zero attached hydrogens (tertiary/aromatic N) is 2. The Morgan fingerprint density at radius 1 is 0.972 bits per heavy atom. The number of nitrogens with two attached hydrogens (primary N) is 2. The Morgan fingerprint density at radius 3 is 2.31 bits per heavy atom. The number of hydrogen-bond acceptors (Lipinski definition) is 7. The van der Waals surface area contributed by atoms with Crippen molar-refractivity contribution in [3.63, 3.8) is 0 Å². The summed E-state index contributed by atoms with van der Waals surface area (Å²) in [7, 11) is 0.0578. The molecular weight excluding hydrogens is 501 g/mol. The maximum atomic E-state index is 6.75. The highest BCUT2D eigenvalue weighted by Gasteiger charge is 2.55. The molecule has 3 fully saturated rings. The highest BCUT2D eigenvalue weighted by molar-refractivity contribution is 6.89. The van der Waals surface area contributed by atoms with E-state index in [2.05, 4.69) is 28.4 Å². The molecule has 4 N–H and O–H groups in total. The standard InChI is InChI=1S/C26H58N4O3Si3/c1-31-35(19-10-18-30(35)34(4,5)6)25(12-8-16-29-17-9-20-36(29,32-2)33-3)13-15-26(23-28)14-7-11-24(21-26)22-27/h24-25H,7-23,27-28H2,1-6H3. The molecule has 2 aliphatic heterocycles. The molecule has 0 bridgehead atoms. The number of rotatable bonds is 14. The van der Waals surface area contributed by atoms with Crippen LogP contribution in [-0.4, -0.2) is 88.3 Å². The maximum Gasteiger partial charge on any atom is 0.427 e. The van der Waals surface area contributed by atoms with Gasteiger partial charge in [0.1, 0.15) is 8.24 Å². The SMILES string of the molecule is CO[Si]1(OC)CCCN1CCCC(CCC1(CN)CCCC(CN)C1)[Si]1(OC)CCCN1[Si](C)(C)C. The third-order valence-corrected chi connectivity index (χ3v) is 23.5. The fourth-order valence-electron chi connectivity index (χ4n) is 8.07. The largest absolute Gasteiger partial charge is 0.427 e. The van der Waals surface area contributed by atoms with Gasteiger partial charge in [-0.3, -0.25) is 4.57 Å². The molecule has 1 aliphatic carbocycles. The minimum atomic E-state index is -2.18. The molecule has 0 aromatic carbocycles. The van der Waals surface area contributed by atoms with Crippen LogP contribution in [0.5, 0.6) is 0 Å². The Bertz CT molecular complexity index is 681. The predicted octanol–water partition coefficient (Wildman–Crippen LogP) is 4.58. The molecule has 0 radical (unpaired) electrons. The van der Waals surface area contributed by atoms with Crippen molar-refractivity contribution >= 4 is 25.4 Å². The lowest BCUT2D eigenvalue weighted by Gasteiger charge is -2.48. The van der Waals surface area contributed by atoms with Crippen molar-refractivity contribution in [1.29, 1.82) is 0 Å². The van der Waals surface area contributed by atoms with Gasteiger partial charge in [0.05, 0.1) is 0 Å². The van der Waals surface area contributed by atoms with E-state index in [1.54, 1.807) is 0 Å². The summed E-state index contributed by atoms with van der Waals surface area (Å²) >= 11 is 0. The molecule has 0 aromatic rings. The molecular formula is C26H58N4O3Si3. The topological polar surface area (TPSA) is 86.2 Å². The van der Waals surface area contributed by atoms with Gasteiger partial charge in [0.2, 0.25) is 0 Å². The van der Waals surface area contributed by atoms with Gasteiger partial charge in [-0.15, -0.1) is 0 Å². The lowest BCUT2D eigenvalue weighted by molar-refractivity contribution is 0.130. The molecule has 2 saturated heterocycles. The molecule has 2 heterocycles. The fourth-order valence-corrected chi connectivity index (χ4v) is 21.9. The first-order valence-corrected chi connectivity index (χ1v) is 22.3. The molecule has 3 rings (SSSR count). The van der Waals surface area contributed by atoms with Crippen LogP contribution >= 0.6 is 0 Å². The van der Waals surface area contributed by atoms with Crippen LogP contribution in [0.2, 0.25) is 37.3 Å². The van der Waals surface area contributed by atoms with Crippen LogP contribution in [0.4, 0.5) is 0 Å². The molecule has 7 nitrogen and oxygen atoms in total. The summed E-state index contributed by atoms with van der Waals surface area (Å²) in [5, 5.41) is 0. The van der Waals surface area contributed by atoms with E-state index in [9.17, 15) is 0 Å². The molecule has 3 aliphatic rings. The highest BCUT2D eigenvalue weighted by Crippen LogP contribution is 2.49. The van der Waals surface area contributed by atoms with Crippen LogP contribution < -0.4 is 11.5 Å². The van der Waals surface area contributed by atoms with Crippen molar-refractivity contribution in [2.75, 3.05) is 54.1 Å². The monoisotopic (exact) mass is 558 g/mol. The van der Waals surface area contributed by atoms with Crippen LogP contribution in [0, 0.1) is 11.3 Å². The van der Waals surface area contributed by atoms with Crippen molar-refractivity contribution in [1.82, 2.24) is 8.80 Å². The maximum absolute atomic E-state index is 6.75. The zero-order chi connectivity index (χ0) is 26.5. The van der Waals surface area contributed by atoms with Gasteiger partial charge in [0.15, 0.2) is 0 Å². The van der Waals surface area contributed by atoms with Crippen molar-refractivity contribution in [2.24, 2.45) is 22.8 Å². The van der Waals surface area contributed by atoms with Crippen LogP contribution in [0.25, 0.3) is 0 Å². The normalized spacial score (nSPS) is 32.8. The van der Waals surface area contributed by atoms with Crippen LogP contribution in [0.1, 0.15) is 64.2 Å². The third kappa shape index (κ3) is 6.56. The summed E-state index contributed by atoms with van der Waals surface area (Å²) < 4.78 is 24.2. The Kier molecular flexibility index (Phi) is 11.3. The average molecular weight is 559 g/mol. The van der Waals surface area contributed by atoms with E-state index >= 15 is 0 Å². The zero-order valence-corrected chi connectivity index (χ0v) is 27.4. The first kappa shape index (κ1) is 30.9. The first-order chi connectivity index (χ1) is 17.1. The predicted molar refractivity (Wildman–Crippen MR) is 158 cm³/mol. The van der Waals surface area contributed by atoms with E-state index < -0.39 is 25.4 Å². The first-order valence-electron chi connectivity index (χ1n) is 14.7. The van der Waals surface area contributed by atoms with Gasteiger partial charge in [-0.1, -0.05) is 26.1 Å². The Morgan fingerprint density at radius 2 is 1.69 bits per heavy atom. The minimum Gasteiger partial charge on any atom is -0.406 e. The van der Waals surface area contributed by atoms with Crippen molar-refractivity contribution in [3.05, 3.63) is 0 Å². The lowest BCUT2D eigenvalue weighted by Crippen LogP contribution is -2.63. The van der Waals surface area contributed by atoms with Gasteiger partial charge in [-0.05, 0) is 113 Å². The summed E-state index contributed by atoms with van der Waals surface area (Å²) in [5.41, 5.74) is 13.6. The van der Waals surface area contributed by atoms with E-state index in [1.807, 2.05) is 21.3 Å². The van der Waals surface area contributed by atoms with Gasteiger partial charge < -0.3 is 29.0 Å². The molecule has 36 heavy (non-hydrogen) atoms. The van der Waals surface area contributed by atoms with E-state index in [-0.39, 0.29) is 5.41 Å². The van der Waals surface area contributed by atoms with E-state index in [0.717, 1.165) is 32.2 Å². The third-order valence-electron chi connectivity index (χ3n) is 10.0. The Hall–Kier alpha value is 0.371. The van der Waals surface area contributed by atoms with E-state index in [4.69, 9.17) is 24.7 Å². The Labute approximate surface area is 225 Å². The molecule has 4 unspecified atom stereocenters. The van der Waals surface area contributed by atoms with E-state index in [0.29, 0.717) is 11.5 Å². The van der Waals surface area contributed by atoms with Crippen LogP contribution in [0.3, 0.4) is 0 Å². The van der Waals surface area contributed by atoms with Gasteiger partial charge in [-0.2, -0.15) is 0 Å². The second-order valence-electron chi connectivity index (χ2n) is 13.0. The molecule has 0 amide bonds. The quantitative estimate of drug-likeness (QED) is 0.302. The zero-order valence-electron chi connectivity index (χ0n) is 24.4. The summed E-state index contributed by atoms with van der Waals surface area (Å²) in [6.07, 6.45) is 12.5. The smallest absolute Gasteiger partial charge is 0.406 e. The number of hydrogen-bond donors (Lipinski definition) is 2. The summed E-state index contributed by atoms with van der Waals surface area (Å²) in [6, 6.07) is 2.38. The summed E-state index contributed by atoms with van der Waals surface area (Å²) in [4.78, 5) is 0. The Balaban J connectivity index is 1.78. The van der Waals surface area contributed by atoms with Gasteiger partial charge in [0, 0.05) is 27.4 Å². The van der Waals surface area contributed by atoms with Gasteiger partial charge in [0.25, 0.3) is 8.48 Å². The van der Waals surface area contributed by atoms with Gasteiger partial charge in [-0.25, -0.2) is 0 Å². The van der Waals surface area contributed by atoms with Crippen LogP contribution in [0.15, 0.2) is 0 Å². The van der Waals surface area contributed by atoms with Crippen molar-refractivity contribution < 1.29 is 13.3 Å². The summed E-state index contributed by atoms with van der Waals surface area (Å²) in [5.74, 6) is 0.649. The average Bonchev–Trinajstić information content (AvgIpc) is 3.51.